The third-order valence-electron chi connectivity index (χ3n) is 3.46. The molecule has 2 aromatic rings. The quantitative estimate of drug-likeness (QED) is 0.852. The molecule has 0 unspecified atom stereocenters. The molecule has 2 aromatic heterocycles. The van der Waals surface area contributed by atoms with Gasteiger partial charge in [0.1, 0.15) is 0 Å². The first-order valence-electron chi connectivity index (χ1n) is 7.70. The largest absolute Gasteiger partial charge is 0.307 e. The topological polar surface area (TPSA) is 47.7 Å². The zero-order chi connectivity index (χ0) is 15.4. The highest BCUT2D eigenvalue weighted by atomic mass is 15.3. The summed E-state index contributed by atoms with van der Waals surface area (Å²) in [6.07, 6.45) is 4.06. The Morgan fingerprint density at radius 2 is 1.95 bits per heavy atom. The lowest BCUT2D eigenvalue weighted by atomic mass is 10.1. The fourth-order valence-electron chi connectivity index (χ4n) is 2.28. The van der Waals surface area contributed by atoms with Gasteiger partial charge < -0.3 is 5.32 Å². The second-order valence-electron chi connectivity index (χ2n) is 6.41. The van der Waals surface area contributed by atoms with Gasteiger partial charge in [-0.1, -0.05) is 27.7 Å². The van der Waals surface area contributed by atoms with Crippen molar-refractivity contribution < 1.29 is 0 Å². The van der Waals surface area contributed by atoms with Crippen LogP contribution in [0.25, 0.3) is 0 Å². The molecular weight excluding hydrogens is 262 g/mol. The molecule has 2 heterocycles. The van der Waals surface area contributed by atoms with E-state index in [0.717, 1.165) is 25.3 Å². The van der Waals surface area contributed by atoms with Crippen molar-refractivity contribution in [2.45, 2.75) is 53.2 Å². The minimum Gasteiger partial charge on any atom is -0.307 e. The summed E-state index contributed by atoms with van der Waals surface area (Å²) in [6, 6.07) is 2.18. The molecule has 0 spiro atoms. The Hall–Kier alpha value is -1.62. The average Bonchev–Trinajstić information content (AvgIpc) is 2.97. The van der Waals surface area contributed by atoms with Crippen molar-refractivity contribution in [3.8, 4) is 0 Å². The van der Waals surface area contributed by atoms with Gasteiger partial charge in [-0.2, -0.15) is 10.2 Å². The van der Waals surface area contributed by atoms with E-state index in [0.29, 0.717) is 11.8 Å². The number of rotatable bonds is 7. The lowest BCUT2D eigenvalue weighted by Gasteiger charge is -2.04. The number of hydrogen-bond acceptors (Lipinski definition) is 3. The Morgan fingerprint density at radius 1 is 1.19 bits per heavy atom. The molecule has 0 radical (unpaired) electrons. The van der Waals surface area contributed by atoms with Gasteiger partial charge >= 0.3 is 0 Å². The molecule has 0 saturated heterocycles. The Labute approximate surface area is 127 Å². The minimum absolute atomic E-state index is 0.471. The lowest BCUT2D eigenvalue weighted by molar-refractivity contribution is 0.482. The minimum atomic E-state index is 0.471. The van der Waals surface area contributed by atoms with Crippen molar-refractivity contribution in [2.24, 2.45) is 13.0 Å². The SMILES string of the molecule is CC(C)Cn1cc(CNCc2cc(C(C)C)nn2C)cn1. The van der Waals surface area contributed by atoms with Crippen LogP contribution < -0.4 is 5.32 Å². The molecule has 0 aliphatic rings. The van der Waals surface area contributed by atoms with Gasteiger partial charge in [0.05, 0.1) is 17.6 Å². The van der Waals surface area contributed by atoms with E-state index in [9.17, 15) is 0 Å². The van der Waals surface area contributed by atoms with Gasteiger partial charge in [-0.05, 0) is 17.9 Å². The van der Waals surface area contributed by atoms with Crippen molar-refractivity contribution in [3.63, 3.8) is 0 Å². The molecule has 116 valence electrons. The number of aromatic nitrogens is 4. The fourth-order valence-corrected chi connectivity index (χ4v) is 2.28. The van der Waals surface area contributed by atoms with Crippen LogP contribution >= 0.6 is 0 Å². The third kappa shape index (κ3) is 4.43. The molecule has 0 aromatic carbocycles. The lowest BCUT2D eigenvalue weighted by Crippen LogP contribution is -2.15. The molecular formula is C16H27N5. The van der Waals surface area contributed by atoms with E-state index in [4.69, 9.17) is 0 Å². The highest BCUT2D eigenvalue weighted by Crippen LogP contribution is 2.13. The Morgan fingerprint density at radius 3 is 2.57 bits per heavy atom. The van der Waals surface area contributed by atoms with Crippen molar-refractivity contribution in [1.29, 1.82) is 0 Å². The van der Waals surface area contributed by atoms with Crippen molar-refractivity contribution >= 4 is 0 Å². The Bertz CT molecular complexity index is 565. The van der Waals surface area contributed by atoms with Gasteiger partial charge in [-0.25, -0.2) is 0 Å². The molecule has 5 heteroatoms. The van der Waals surface area contributed by atoms with Gasteiger partial charge in [0, 0.05) is 38.4 Å². The van der Waals surface area contributed by atoms with Crippen LogP contribution in [0.2, 0.25) is 0 Å². The Kier molecular flexibility index (Phi) is 5.17. The van der Waals surface area contributed by atoms with Crippen LogP contribution in [0.1, 0.15) is 50.6 Å². The van der Waals surface area contributed by atoms with Crippen molar-refractivity contribution in [1.82, 2.24) is 24.9 Å². The molecule has 5 nitrogen and oxygen atoms in total. The number of hydrogen-bond donors (Lipinski definition) is 1. The van der Waals surface area contributed by atoms with E-state index in [1.807, 2.05) is 22.6 Å². The van der Waals surface area contributed by atoms with Gasteiger partial charge in [-0.3, -0.25) is 9.36 Å². The van der Waals surface area contributed by atoms with E-state index >= 15 is 0 Å². The van der Waals surface area contributed by atoms with Crippen molar-refractivity contribution in [3.05, 3.63) is 35.4 Å². The van der Waals surface area contributed by atoms with E-state index in [1.54, 1.807) is 0 Å². The van der Waals surface area contributed by atoms with Crippen molar-refractivity contribution in [2.75, 3.05) is 0 Å². The van der Waals surface area contributed by atoms with Gasteiger partial charge in [-0.15, -0.1) is 0 Å². The zero-order valence-corrected chi connectivity index (χ0v) is 13.8. The van der Waals surface area contributed by atoms with Crippen LogP contribution in [0.3, 0.4) is 0 Å². The number of nitrogens with one attached hydrogen (secondary N) is 1. The molecule has 0 bridgehead atoms. The molecule has 0 saturated carbocycles. The van der Waals surface area contributed by atoms with Crippen LogP contribution in [0, 0.1) is 5.92 Å². The smallest absolute Gasteiger partial charge is 0.0653 e. The predicted molar refractivity (Wildman–Crippen MR) is 84.9 cm³/mol. The first-order valence-corrected chi connectivity index (χ1v) is 7.70. The summed E-state index contributed by atoms with van der Waals surface area (Å²) in [6.45, 7) is 11.4. The summed E-state index contributed by atoms with van der Waals surface area (Å²) in [7, 11) is 2.00. The van der Waals surface area contributed by atoms with E-state index in [-0.39, 0.29) is 0 Å². The van der Waals surface area contributed by atoms with E-state index in [2.05, 4.69) is 55.5 Å². The normalized spacial score (nSPS) is 11.8. The molecule has 2 rings (SSSR count). The molecule has 0 amide bonds. The van der Waals surface area contributed by atoms with Gasteiger partial charge in [0.2, 0.25) is 0 Å². The van der Waals surface area contributed by atoms with E-state index < -0.39 is 0 Å². The van der Waals surface area contributed by atoms with Crippen LogP contribution in [-0.4, -0.2) is 19.6 Å². The maximum Gasteiger partial charge on any atom is 0.0653 e. The molecule has 0 aliphatic carbocycles. The summed E-state index contributed by atoms with van der Waals surface area (Å²) >= 11 is 0. The van der Waals surface area contributed by atoms with Crippen LogP contribution in [0.4, 0.5) is 0 Å². The monoisotopic (exact) mass is 289 g/mol. The van der Waals surface area contributed by atoms with E-state index in [1.165, 1.54) is 11.3 Å². The van der Waals surface area contributed by atoms with Crippen LogP contribution in [0.5, 0.6) is 0 Å². The molecule has 21 heavy (non-hydrogen) atoms. The van der Waals surface area contributed by atoms with Crippen LogP contribution in [-0.2, 0) is 26.7 Å². The summed E-state index contributed by atoms with van der Waals surface area (Å²) < 4.78 is 3.98. The molecule has 0 aliphatic heterocycles. The average molecular weight is 289 g/mol. The zero-order valence-electron chi connectivity index (χ0n) is 13.8. The highest BCUT2D eigenvalue weighted by Gasteiger charge is 2.08. The maximum absolute atomic E-state index is 4.53. The summed E-state index contributed by atoms with van der Waals surface area (Å²) in [5.41, 5.74) is 3.59. The summed E-state index contributed by atoms with van der Waals surface area (Å²) in [5, 5.41) is 12.4. The summed E-state index contributed by atoms with van der Waals surface area (Å²) in [4.78, 5) is 0. The molecule has 0 atom stereocenters. The second-order valence-corrected chi connectivity index (χ2v) is 6.41. The predicted octanol–water partition coefficient (Wildman–Crippen LogP) is 2.69. The third-order valence-corrected chi connectivity index (χ3v) is 3.46. The summed E-state index contributed by atoms with van der Waals surface area (Å²) in [5.74, 6) is 1.09. The first kappa shape index (κ1) is 15.8. The number of aryl methyl sites for hydroxylation is 1. The Balaban J connectivity index is 1.85. The van der Waals surface area contributed by atoms with Crippen LogP contribution in [0.15, 0.2) is 18.5 Å². The molecule has 1 N–H and O–H groups in total. The first-order chi connectivity index (χ1) is 9.95. The second kappa shape index (κ2) is 6.89. The van der Waals surface area contributed by atoms with Gasteiger partial charge in [0.15, 0.2) is 0 Å². The highest BCUT2D eigenvalue weighted by molar-refractivity contribution is 5.13. The number of nitrogens with zero attached hydrogens (tertiary/aromatic N) is 4. The maximum atomic E-state index is 4.53. The fraction of sp³-hybridized carbons (Fsp3) is 0.625. The molecule has 0 fully saturated rings. The van der Waals surface area contributed by atoms with Gasteiger partial charge in [0.25, 0.3) is 0 Å². The standard InChI is InChI=1S/C16H27N5/c1-12(2)10-21-11-14(8-18-21)7-17-9-15-6-16(13(3)4)19-20(15)5/h6,8,11-13,17H,7,9-10H2,1-5H3.